The van der Waals surface area contributed by atoms with Crippen LogP contribution in [0.15, 0.2) is 64.3 Å². The van der Waals surface area contributed by atoms with Gasteiger partial charge in [-0.05, 0) is 24.3 Å². The first kappa shape index (κ1) is 18.0. The third-order valence-corrected chi connectivity index (χ3v) is 5.05. The van der Waals surface area contributed by atoms with Crippen molar-refractivity contribution in [1.29, 1.82) is 0 Å². The highest BCUT2D eigenvalue weighted by Gasteiger charge is 2.25. The summed E-state index contributed by atoms with van der Waals surface area (Å²) in [6, 6.07) is 12.4. The van der Waals surface area contributed by atoms with Gasteiger partial charge in [-0.25, -0.2) is 14.5 Å². The average Bonchev–Trinajstić information content (AvgIpc) is 3.33. The predicted octanol–water partition coefficient (Wildman–Crippen LogP) is 1.13. The first-order valence-electron chi connectivity index (χ1n) is 9.45. The Morgan fingerprint density at radius 3 is 2.47 bits per heavy atom. The molecule has 0 spiro atoms. The summed E-state index contributed by atoms with van der Waals surface area (Å²) in [6.45, 7) is 2.11. The van der Waals surface area contributed by atoms with Crippen LogP contribution in [0.3, 0.4) is 0 Å². The van der Waals surface area contributed by atoms with E-state index in [1.165, 1.54) is 11.0 Å². The standard InChI is InChI=1S/C20H17N7O3/c28-19(15-11-14-3-1-2-4-16(14)30-20(15)29)26-9-7-25(8-10-26)17-5-6-18(24-23-17)27-13-21-12-22-27/h1-6,11-13H,7-10H2. The van der Waals surface area contributed by atoms with E-state index in [0.717, 1.165) is 11.2 Å². The van der Waals surface area contributed by atoms with E-state index in [9.17, 15) is 9.59 Å². The van der Waals surface area contributed by atoms with E-state index in [1.807, 2.05) is 29.2 Å². The second-order valence-electron chi connectivity index (χ2n) is 6.85. The molecule has 1 saturated heterocycles. The van der Waals surface area contributed by atoms with Crippen molar-refractivity contribution < 1.29 is 9.21 Å². The third-order valence-electron chi connectivity index (χ3n) is 5.05. The summed E-state index contributed by atoms with van der Waals surface area (Å²) in [6.07, 6.45) is 2.99. The average molecular weight is 403 g/mol. The van der Waals surface area contributed by atoms with Gasteiger partial charge in [-0.15, -0.1) is 10.2 Å². The number of anilines is 1. The van der Waals surface area contributed by atoms with Gasteiger partial charge in [0.25, 0.3) is 5.91 Å². The Morgan fingerprint density at radius 2 is 1.73 bits per heavy atom. The Morgan fingerprint density at radius 1 is 0.967 bits per heavy atom. The molecule has 150 valence electrons. The number of aromatic nitrogens is 5. The van der Waals surface area contributed by atoms with Crippen molar-refractivity contribution >= 4 is 22.7 Å². The van der Waals surface area contributed by atoms with Gasteiger partial charge < -0.3 is 14.2 Å². The minimum absolute atomic E-state index is 0.0547. The molecule has 5 rings (SSSR count). The summed E-state index contributed by atoms with van der Waals surface area (Å²) in [4.78, 5) is 32.8. The van der Waals surface area contributed by atoms with Crippen LogP contribution >= 0.6 is 0 Å². The van der Waals surface area contributed by atoms with Crippen LogP contribution in [0.1, 0.15) is 10.4 Å². The zero-order valence-corrected chi connectivity index (χ0v) is 15.9. The van der Waals surface area contributed by atoms with Crippen molar-refractivity contribution in [2.45, 2.75) is 0 Å². The third kappa shape index (κ3) is 3.28. The zero-order chi connectivity index (χ0) is 20.5. The minimum Gasteiger partial charge on any atom is -0.422 e. The first-order chi connectivity index (χ1) is 14.7. The smallest absolute Gasteiger partial charge is 0.349 e. The monoisotopic (exact) mass is 403 g/mol. The molecular weight excluding hydrogens is 386 g/mol. The van der Waals surface area contributed by atoms with Crippen LogP contribution in [0, 0.1) is 0 Å². The molecule has 1 aliphatic rings. The molecular formula is C20H17N7O3. The summed E-state index contributed by atoms with van der Waals surface area (Å²) >= 11 is 0. The van der Waals surface area contributed by atoms with E-state index in [0.29, 0.717) is 37.6 Å². The normalized spacial score (nSPS) is 14.3. The molecule has 1 aromatic carbocycles. The Labute approximate surface area is 170 Å². The predicted molar refractivity (Wildman–Crippen MR) is 108 cm³/mol. The fraction of sp³-hybridized carbons (Fsp3) is 0.200. The molecule has 10 heteroatoms. The lowest BCUT2D eigenvalue weighted by Gasteiger charge is -2.35. The number of piperazine rings is 1. The summed E-state index contributed by atoms with van der Waals surface area (Å²) in [7, 11) is 0. The van der Waals surface area contributed by atoms with Gasteiger partial charge in [0, 0.05) is 31.6 Å². The SMILES string of the molecule is O=C(c1cc2ccccc2oc1=O)N1CCN(c2ccc(-n3cncn3)nn2)CC1. The number of amides is 1. The van der Waals surface area contributed by atoms with Crippen molar-refractivity contribution in [2.75, 3.05) is 31.1 Å². The largest absolute Gasteiger partial charge is 0.422 e. The fourth-order valence-electron chi connectivity index (χ4n) is 3.46. The van der Waals surface area contributed by atoms with Crippen LogP contribution < -0.4 is 10.5 Å². The minimum atomic E-state index is -0.615. The molecule has 10 nitrogen and oxygen atoms in total. The van der Waals surface area contributed by atoms with Crippen molar-refractivity contribution in [2.24, 2.45) is 0 Å². The number of rotatable bonds is 3. The lowest BCUT2D eigenvalue weighted by atomic mass is 10.1. The zero-order valence-electron chi connectivity index (χ0n) is 15.9. The van der Waals surface area contributed by atoms with Gasteiger partial charge >= 0.3 is 5.63 Å². The van der Waals surface area contributed by atoms with Gasteiger partial charge in [-0.3, -0.25) is 4.79 Å². The van der Waals surface area contributed by atoms with Crippen molar-refractivity contribution in [1.82, 2.24) is 29.9 Å². The summed E-state index contributed by atoms with van der Waals surface area (Å²) < 4.78 is 6.82. The van der Waals surface area contributed by atoms with Gasteiger partial charge in [0.15, 0.2) is 11.6 Å². The Balaban J connectivity index is 1.28. The number of nitrogens with zero attached hydrogens (tertiary/aromatic N) is 7. The number of hydrogen-bond donors (Lipinski definition) is 0. The van der Waals surface area contributed by atoms with Crippen LogP contribution in [0.2, 0.25) is 0 Å². The molecule has 0 N–H and O–H groups in total. The van der Waals surface area contributed by atoms with Crippen LogP contribution in [0.5, 0.6) is 0 Å². The second-order valence-corrected chi connectivity index (χ2v) is 6.85. The van der Waals surface area contributed by atoms with Gasteiger partial charge in [0.1, 0.15) is 23.8 Å². The second kappa shape index (κ2) is 7.39. The summed E-state index contributed by atoms with van der Waals surface area (Å²) in [5.41, 5.74) is -0.0911. The van der Waals surface area contributed by atoms with Crippen molar-refractivity contribution in [3.05, 3.63) is 71.1 Å². The van der Waals surface area contributed by atoms with E-state index in [1.54, 1.807) is 29.4 Å². The Kier molecular flexibility index (Phi) is 4.43. The molecule has 0 radical (unpaired) electrons. The summed E-state index contributed by atoms with van der Waals surface area (Å²) in [5.74, 6) is 0.978. The van der Waals surface area contributed by atoms with Crippen LogP contribution in [0.4, 0.5) is 5.82 Å². The number of carbonyl (C=O) groups is 1. The highest BCUT2D eigenvalue weighted by molar-refractivity contribution is 5.96. The number of para-hydroxylation sites is 1. The van der Waals surface area contributed by atoms with E-state index >= 15 is 0 Å². The molecule has 3 aromatic heterocycles. The highest BCUT2D eigenvalue weighted by Crippen LogP contribution is 2.17. The topological polar surface area (TPSA) is 110 Å². The van der Waals surface area contributed by atoms with Gasteiger partial charge in [0.2, 0.25) is 0 Å². The molecule has 1 amide bonds. The van der Waals surface area contributed by atoms with Crippen molar-refractivity contribution in [3.8, 4) is 5.82 Å². The molecule has 4 aromatic rings. The quantitative estimate of drug-likeness (QED) is 0.468. The van der Waals surface area contributed by atoms with Gasteiger partial charge in [-0.2, -0.15) is 5.10 Å². The number of fused-ring (bicyclic) bond motifs is 1. The molecule has 1 aliphatic heterocycles. The van der Waals surface area contributed by atoms with E-state index in [2.05, 4.69) is 20.3 Å². The lowest BCUT2D eigenvalue weighted by Crippen LogP contribution is -2.49. The molecule has 4 heterocycles. The Hall–Kier alpha value is -4.08. The molecule has 0 bridgehead atoms. The molecule has 0 saturated carbocycles. The van der Waals surface area contributed by atoms with E-state index in [-0.39, 0.29) is 11.5 Å². The van der Waals surface area contributed by atoms with Gasteiger partial charge in [0.05, 0.1) is 0 Å². The van der Waals surface area contributed by atoms with Crippen LogP contribution in [-0.4, -0.2) is 61.9 Å². The number of benzene rings is 1. The number of hydrogen-bond acceptors (Lipinski definition) is 8. The molecule has 30 heavy (non-hydrogen) atoms. The van der Waals surface area contributed by atoms with Crippen LogP contribution in [0.25, 0.3) is 16.8 Å². The molecule has 0 aliphatic carbocycles. The first-order valence-corrected chi connectivity index (χ1v) is 9.45. The highest BCUT2D eigenvalue weighted by atomic mass is 16.4. The van der Waals surface area contributed by atoms with Crippen molar-refractivity contribution in [3.63, 3.8) is 0 Å². The van der Waals surface area contributed by atoms with E-state index < -0.39 is 5.63 Å². The van der Waals surface area contributed by atoms with Gasteiger partial charge in [-0.1, -0.05) is 18.2 Å². The van der Waals surface area contributed by atoms with Crippen LogP contribution in [-0.2, 0) is 0 Å². The molecule has 0 atom stereocenters. The summed E-state index contributed by atoms with van der Waals surface area (Å²) in [5, 5.41) is 13.2. The van der Waals surface area contributed by atoms with E-state index in [4.69, 9.17) is 4.42 Å². The number of carbonyl (C=O) groups excluding carboxylic acids is 1. The molecule has 1 fully saturated rings. The maximum absolute atomic E-state index is 12.9. The maximum Gasteiger partial charge on any atom is 0.349 e. The molecule has 0 unspecified atom stereocenters. The fourth-order valence-corrected chi connectivity index (χ4v) is 3.46. The lowest BCUT2D eigenvalue weighted by molar-refractivity contribution is 0.0742. The maximum atomic E-state index is 12.9. The Bertz CT molecular complexity index is 1240.